The van der Waals surface area contributed by atoms with Crippen LogP contribution in [0.15, 0.2) is 188 Å². The van der Waals surface area contributed by atoms with Gasteiger partial charge in [0.25, 0.3) is 0 Å². The van der Waals surface area contributed by atoms with E-state index < -0.39 is 0 Å². The van der Waals surface area contributed by atoms with Crippen molar-refractivity contribution in [3.05, 3.63) is 188 Å². The molecule has 1 nitrogen and oxygen atoms in total. The Hall–Kier alpha value is -6.70. The Kier molecular flexibility index (Phi) is 6.02. The molecular weight excluding hydrogens is 615 g/mol. The summed E-state index contributed by atoms with van der Waals surface area (Å²) in [6.07, 6.45) is 0. The summed E-state index contributed by atoms with van der Waals surface area (Å²) >= 11 is 0. The first-order chi connectivity index (χ1) is 25.3. The Labute approximate surface area is 297 Å². The van der Waals surface area contributed by atoms with Crippen LogP contribution in [0.25, 0.3) is 88.3 Å². The molecule has 0 heterocycles. The Balaban J connectivity index is 1.15. The molecule has 0 spiro atoms. The molecule has 0 radical (unpaired) electrons. The number of benzene rings is 9. The lowest BCUT2D eigenvalue weighted by Gasteiger charge is -2.29. The topological polar surface area (TPSA) is 3.24 Å². The molecule has 9 aromatic rings. The van der Waals surface area contributed by atoms with Crippen molar-refractivity contribution in [2.75, 3.05) is 4.90 Å². The molecule has 0 saturated carbocycles. The van der Waals surface area contributed by atoms with Gasteiger partial charge in [-0.2, -0.15) is 0 Å². The van der Waals surface area contributed by atoms with Crippen molar-refractivity contribution < 1.29 is 0 Å². The molecule has 0 aromatic heterocycles. The quantitative estimate of drug-likeness (QED) is 0.184. The first-order valence-electron chi connectivity index (χ1n) is 17.7. The summed E-state index contributed by atoms with van der Waals surface area (Å²) < 4.78 is 0. The molecule has 0 atom stereocenters. The van der Waals surface area contributed by atoms with Crippen LogP contribution >= 0.6 is 0 Å². The number of anilines is 3. The average molecular weight is 646 g/mol. The van der Waals surface area contributed by atoms with Gasteiger partial charge in [0.05, 0.1) is 5.69 Å². The maximum Gasteiger partial charge on any atom is 0.0540 e. The van der Waals surface area contributed by atoms with E-state index in [1.807, 2.05) is 0 Å². The number of rotatable bonds is 4. The summed E-state index contributed by atoms with van der Waals surface area (Å²) in [7, 11) is 0. The van der Waals surface area contributed by atoms with E-state index in [1.165, 1.54) is 88.3 Å². The monoisotopic (exact) mass is 645 g/mol. The smallest absolute Gasteiger partial charge is 0.0540 e. The maximum absolute atomic E-state index is 2.44. The Bertz CT molecular complexity index is 2830. The summed E-state index contributed by atoms with van der Waals surface area (Å²) in [5, 5.41) is 4.97. The summed E-state index contributed by atoms with van der Waals surface area (Å²) in [6.45, 7) is 0. The van der Waals surface area contributed by atoms with Crippen molar-refractivity contribution in [3.63, 3.8) is 0 Å². The number of nitrogens with zero attached hydrogens (tertiary/aromatic N) is 1. The molecule has 9 aromatic carbocycles. The highest BCUT2D eigenvalue weighted by Crippen LogP contribution is 2.57. The van der Waals surface area contributed by atoms with Crippen LogP contribution in [-0.2, 0) is 0 Å². The summed E-state index contributed by atoms with van der Waals surface area (Å²) in [6, 6.07) is 69.4. The van der Waals surface area contributed by atoms with Gasteiger partial charge in [-0.15, -0.1) is 0 Å². The van der Waals surface area contributed by atoms with Crippen LogP contribution in [-0.4, -0.2) is 0 Å². The van der Waals surface area contributed by atoms with Crippen LogP contribution < -0.4 is 4.90 Å². The molecule has 11 rings (SSSR count). The highest BCUT2D eigenvalue weighted by atomic mass is 15.1. The van der Waals surface area contributed by atoms with Gasteiger partial charge >= 0.3 is 0 Å². The first kappa shape index (κ1) is 28.2. The van der Waals surface area contributed by atoms with E-state index in [0.717, 1.165) is 17.1 Å². The van der Waals surface area contributed by atoms with Gasteiger partial charge < -0.3 is 4.90 Å². The molecule has 2 aliphatic carbocycles. The lowest BCUT2D eigenvalue weighted by molar-refractivity contribution is 1.30. The predicted octanol–water partition coefficient (Wildman–Crippen LogP) is 14.1. The van der Waals surface area contributed by atoms with Gasteiger partial charge in [0.2, 0.25) is 0 Å². The average Bonchev–Trinajstić information content (AvgIpc) is 3.31. The Morgan fingerprint density at radius 2 is 0.745 bits per heavy atom. The summed E-state index contributed by atoms with van der Waals surface area (Å²) in [5.74, 6) is 0. The second kappa shape index (κ2) is 10.9. The van der Waals surface area contributed by atoms with E-state index in [4.69, 9.17) is 0 Å². The van der Waals surface area contributed by atoms with Crippen molar-refractivity contribution in [3.8, 4) is 66.8 Å². The molecule has 236 valence electrons. The molecule has 2 aliphatic rings. The van der Waals surface area contributed by atoms with Crippen molar-refractivity contribution in [2.24, 2.45) is 0 Å². The Morgan fingerprint density at radius 1 is 0.275 bits per heavy atom. The third-order valence-electron chi connectivity index (χ3n) is 11.0. The van der Waals surface area contributed by atoms with Crippen LogP contribution in [0, 0.1) is 0 Å². The normalized spacial score (nSPS) is 11.9. The fourth-order valence-corrected chi connectivity index (χ4v) is 8.73. The van der Waals surface area contributed by atoms with Crippen LogP contribution in [0.1, 0.15) is 0 Å². The van der Waals surface area contributed by atoms with E-state index in [9.17, 15) is 0 Å². The van der Waals surface area contributed by atoms with E-state index in [2.05, 4.69) is 193 Å². The van der Waals surface area contributed by atoms with Gasteiger partial charge in [0, 0.05) is 16.8 Å². The minimum Gasteiger partial charge on any atom is -0.310 e. The molecule has 0 fully saturated rings. The minimum absolute atomic E-state index is 1.12. The highest BCUT2D eigenvalue weighted by Gasteiger charge is 2.31. The highest BCUT2D eigenvalue weighted by molar-refractivity contribution is 6.15. The number of fused-ring (bicyclic) bond motifs is 6. The fraction of sp³-hybridized carbons (Fsp3) is 0. The van der Waals surface area contributed by atoms with Crippen LogP contribution in [0.3, 0.4) is 0 Å². The molecule has 6 bridgehead atoms. The zero-order valence-electron chi connectivity index (χ0n) is 27.8. The number of hydrogen-bond donors (Lipinski definition) is 0. The van der Waals surface area contributed by atoms with Crippen LogP contribution in [0.5, 0.6) is 0 Å². The van der Waals surface area contributed by atoms with Crippen LogP contribution in [0.2, 0.25) is 0 Å². The van der Waals surface area contributed by atoms with Gasteiger partial charge in [-0.1, -0.05) is 158 Å². The summed E-state index contributed by atoms with van der Waals surface area (Å²) in [5.41, 5.74) is 18.9. The van der Waals surface area contributed by atoms with E-state index in [1.54, 1.807) is 0 Å². The SMILES string of the molecule is c1ccc2c(c1)-c1cccc3c1-c1cc(N(c4ccc(-c5cccc6ccccc56)cc4)c4cccc5ccccc45)ccc1-c1cccc-3c1-2. The third-order valence-corrected chi connectivity index (χ3v) is 11.0. The third kappa shape index (κ3) is 4.16. The van der Waals surface area contributed by atoms with Crippen molar-refractivity contribution in [1.29, 1.82) is 0 Å². The minimum atomic E-state index is 1.12. The first-order valence-corrected chi connectivity index (χ1v) is 17.7. The molecule has 0 amide bonds. The second-order valence-corrected chi connectivity index (χ2v) is 13.6. The van der Waals surface area contributed by atoms with E-state index in [0.29, 0.717) is 0 Å². The van der Waals surface area contributed by atoms with Gasteiger partial charge in [-0.3, -0.25) is 0 Å². The maximum atomic E-state index is 2.44. The van der Waals surface area contributed by atoms with E-state index in [-0.39, 0.29) is 0 Å². The predicted molar refractivity (Wildman–Crippen MR) is 216 cm³/mol. The molecular formula is C50H31N. The fourth-order valence-electron chi connectivity index (χ4n) is 8.73. The molecule has 0 saturated heterocycles. The van der Waals surface area contributed by atoms with Gasteiger partial charge in [0.15, 0.2) is 0 Å². The lowest BCUT2D eigenvalue weighted by atomic mass is 9.83. The summed E-state index contributed by atoms with van der Waals surface area (Å²) in [4.78, 5) is 2.44. The molecule has 0 N–H and O–H groups in total. The molecule has 0 aliphatic heterocycles. The van der Waals surface area contributed by atoms with Gasteiger partial charge in [-0.25, -0.2) is 0 Å². The Morgan fingerprint density at radius 3 is 1.49 bits per heavy atom. The van der Waals surface area contributed by atoms with Crippen molar-refractivity contribution in [1.82, 2.24) is 0 Å². The standard InChI is InChI=1S/C50H31N/c1-3-15-37-32(11-1)13-7-19-38(37)34-25-27-35(28-26-34)51(48-24-8-14-33-12-2-4-16-39(33)48)36-29-30-41-44-21-10-22-45-46-23-9-20-43(50(46)47(41)31-36)40-17-5-6-18-42(40)49(44)45/h1-31H. The zero-order chi connectivity index (χ0) is 33.5. The van der Waals surface area contributed by atoms with Gasteiger partial charge in [0.1, 0.15) is 0 Å². The lowest BCUT2D eigenvalue weighted by Crippen LogP contribution is -2.11. The van der Waals surface area contributed by atoms with Crippen molar-refractivity contribution >= 4 is 38.6 Å². The molecule has 0 unspecified atom stereocenters. The molecule has 1 heteroatoms. The van der Waals surface area contributed by atoms with Crippen molar-refractivity contribution in [2.45, 2.75) is 0 Å². The van der Waals surface area contributed by atoms with E-state index >= 15 is 0 Å². The second-order valence-electron chi connectivity index (χ2n) is 13.6. The number of hydrogen-bond acceptors (Lipinski definition) is 1. The molecule has 51 heavy (non-hydrogen) atoms. The zero-order valence-corrected chi connectivity index (χ0v) is 27.8. The van der Waals surface area contributed by atoms with Crippen LogP contribution in [0.4, 0.5) is 17.1 Å². The largest absolute Gasteiger partial charge is 0.310 e. The van der Waals surface area contributed by atoms with Gasteiger partial charge in [-0.05, 0) is 113 Å².